The minimum atomic E-state index is -0.247. The van der Waals surface area contributed by atoms with Crippen molar-refractivity contribution in [3.63, 3.8) is 0 Å². The molecule has 1 aromatic heterocycles. The summed E-state index contributed by atoms with van der Waals surface area (Å²) >= 11 is 0. The predicted octanol–water partition coefficient (Wildman–Crippen LogP) is 1.56. The van der Waals surface area contributed by atoms with E-state index in [1.54, 1.807) is 14.0 Å². The first-order valence-electron chi connectivity index (χ1n) is 5.58. The van der Waals surface area contributed by atoms with Gasteiger partial charge >= 0.3 is 5.63 Å². The molecule has 0 aliphatic carbocycles. The van der Waals surface area contributed by atoms with Crippen LogP contribution < -0.4 is 10.5 Å². The molecule has 2 heterocycles. The Morgan fingerprint density at radius 2 is 2.38 bits per heavy atom. The molecule has 4 heteroatoms. The lowest BCUT2D eigenvalue weighted by molar-refractivity contribution is 0.180. The SMILES string of the molecule is COC[C@@H]1CCCN1c1ccc(C)oc1=O. The number of ether oxygens (including phenoxy) is 1. The van der Waals surface area contributed by atoms with Gasteiger partial charge in [0.1, 0.15) is 11.4 Å². The Bertz CT molecular complexity index is 413. The molecular formula is C12H17NO3. The smallest absolute Gasteiger partial charge is 0.359 e. The molecule has 0 N–H and O–H groups in total. The van der Waals surface area contributed by atoms with Gasteiger partial charge in [-0.3, -0.25) is 0 Å². The fraction of sp³-hybridized carbons (Fsp3) is 0.583. The second-order valence-electron chi connectivity index (χ2n) is 4.16. The lowest BCUT2D eigenvalue weighted by Gasteiger charge is -2.24. The number of nitrogens with zero attached hydrogens (tertiary/aromatic N) is 1. The zero-order chi connectivity index (χ0) is 11.5. The quantitative estimate of drug-likeness (QED) is 0.780. The van der Waals surface area contributed by atoms with E-state index in [1.165, 1.54) is 0 Å². The summed E-state index contributed by atoms with van der Waals surface area (Å²) in [6.07, 6.45) is 2.17. The summed E-state index contributed by atoms with van der Waals surface area (Å²) in [6, 6.07) is 3.98. The Kier molecular flexibility index (Phi) is 3.29. The molecule has 0 saturated carbocycles. The topological polar surface area (TPSA) is 42.7 Å². The number of hydrogen-bond acceptors (Lipinski definition) is 4. The average molecular weight is 223 g/mol. The molecule has 1 aliphatic rings. The molecule has 0 spiro atoms. The highest BCUT2D eigenvalue weighted by molar-refractivity contribution is 5.45. The lowest BCUT2D eigenvalue weighted by atomic mass is 10.2. The number of methoxy groups -OCH3 is 1. The number of hydrogen-bond donors (Lipinski definition) is 0. The first-order chi connectivity index (χ1) is 7.72. The number of anilines is 1. The second-order valence-corrected chi connectivity index (χ2v) is 4.16. The van der Waals surface area contributed by atoms with Crippen molar-refractivity contribution in [2.45, 2.75) is 25.8 Å². The monoisotopic (exact) mass is 223 g/mol. The predicted molar refractivity (Wildman–Crippen MR) is 62.0 cm³/mol. The maximum atomic E-state index is 11.7. The Morgan fingerprint density at radius 1 is 1.56 bits per heavy atom. The van der Waals surface area contributed by atoms with Crippen molar-refractivity contribution in [3.05, 3.63) is 28.3 Å². The Morgan fingerprint density at radius 3 is 3.06 bits per heavy atom. The van der Waals surface area contributed by atoms with Gasteiger partial charge in [-0.1, -0.05) is 0 Å². The van der Waals surface area contributed by atoms with Gasteiger partial charge in [0.25, 0.3) is 0 Å². The van der Waals surface area contributed by atoms with Crippen molar-refractivity contribution in [1.82, 2.24) is 0 Å². The third-order valence-corrected chi connectivity index (χ3v) is 2.98. The molecule has 0 radical (unpaired) electrons. The van der Waals surface area contributed by atoms with Gasteiger partial charge in [0.2, 0.25) is 0 Å². The van der Waals surface area contributed by atoms with Crippen LogP contribution in [0, 0.1) is 6.92 Å². The van der Waals surface area contributed by atoms with E-state index in [9.17, 15) is 4.79 Å². The summed E-state index contributed by atoms with van der Waals surface area (Å²) in [5, 5.41) is 0. The van der Waals surface area contributed by atoms with E-state index in [-0.39, 0.29) is 5.63 Å². The highest BCUT2D eigenvalue weighted by Crippen LogP contribution is 2.23. The number of rotatable bonds is 3. The zero-order valence-electron chi connectivity index (χ0n) is 9.73. The molecule has 88 valence electrons. The van der Waals surface area contributed by atoms with Crippen LogP contribution in [0.1, 0.15) is 18.6 Å². The van der Waals surface area contributed by atoms with Gasteiger partial charge in [0, 0.05) is 13.7 Å². The van der Waals surface area contributed by atoms with E-state index in [0.29, 0.717) is 24.1 Å². The molecule has 0 unspecified atom stereocenters. The lowest BCUT2D eigenvalue weighted by Crippen LogP contribution is -2.35. The fourth-order valence-corrected chi connectivity index (χ4v) is 2.23. The van der Waals surface area contributed by atoms with Gasteiger partial charge in [0.15, 0.2) is 0 Å². The van der Waals surface area contributed by atoms with E-state index < -0.39 is 0 Å². The van der Waals surface area contributed by atoms with E-state index in [0.717, 1.165) is 19.4 Å². The minimum Gasteiger partial charge on any atom is -0.427 e. The van der Waals surface area contributed by atoms with Crippen molar-refractivity contribution < 1.29 is 9.15 Å². The number of aryl methyl sites for hydroxylation is 1. The third kappa shape index (κ3) is 2.11. The summed E-state index contributed by atoms with van der Waals surface area (Å²) in [5.41, 5.74) is 0.410. The first kappa shape index (κ1) is 11.2. The zero-order valence-corrected chi connectivity index (χ0v) is 9.73. The summed E-state index contributed by atoms with van der Waals surface area (Å²) in [5.74, 6) is 0.649. The van der Waals surface area contributed by atoms with Crippen LogP contribution in [-0.2, 0) is 4.74 Å². The standard InChI is InChI=1S/C12H17NO3/c1-9-5-6-11(12(14)16-9)13-7-3-4-10(13)8-15-2/h5-6,10H,3-4,7-8H2,1-2H3/t10-/m0/s1. The van der Waals surface area contributed by atoms with E-state index in [2.05, 4.69) is 4.90 Å². The van der Waals surface area contributed by atoms with Crippen molar-refractivity contribution in [2.24, 2.45) is 0 Å². The molecule has 0 aromatic carbocycles. The van der Waals surface area contributed by atoms with Crippen LogP contribution in [0.25, 0.3) is 0 Å². The molecule has 1 fully saturated rings. The van der Waals surface area contributed by atoms with Gasteiger partial charge in [-0.25, -0.2) is 4.79 Å². The van der Waals surface area contributed by atoms with E-state index in [1.807, 2.05) is 12.1 Å². The molecule has 1 aliphatic heterocycles. The van der Waals surface area contributed by atoms with Crippen molar-refractivity contribution in [1.29, 1.82) is 0 Å². The molecule has 1 saturated heterocycles. The Balaban J connectivity index is 2.26. The molecule has 1 atom stereocenters. The van der Waals surface area contributed by atoms with E-state index >= 15 is 0 Å². The van der Waals surface area contributed by atoms with Crippen LogP contribution in [0.4, 0.5) is 5.69 Å². The van der Waals surface area contributed by atoms with Gasteiger partial charge < -0.3 is 14.1 Å². The molecule has 4 nitrogen and oxygen atoms in total. The largest absolute Gasteiger partial charge is 0.427 e. The van der Waals surface area contributed by atoms with Gasteiger partial charge in [-0.2, -0.15) is 0 Å². The molecule has 2 rings (SSSR count). The van der Waals surface area contributed by atoms with Crippen LogP contribution in [0.2, 0.25) is 0 Å². The summed E-state index contributed by atoms with van der Waals surface area (Å²) < 4.78 is 10.3. The highest BCUT2D eigenvalue weighted by Gasteiger charge is 2.26. The molecule has 1 aromatic rings. The van der Waals surface area contributed by atoms with Crippen LogP contribution in [0.3, 0.4) is 0 Å². The molecule has 0 bridgehead atoms. The fourth-order valence-electron chi connectivity index (χ4n) is 2.23. The molecular weight excluding hydrogens is 206 g/mol. The second kappa shape index (κ2) is 4.70. The van der Waals surface area contributed by atoms with Gasteiger partial charge in [0.05, 0.1) is 12.6 Å². The summed E-state index contributed by atoms with van der Waals surface area (Å²) in [6.45, 7) is 3.34. The normalized spacial score (nSPS) is 20.4. The van der Waals surface area contributed by atoms with Crippen molar-refractivity contribution in [3.8, 4) is 0 Å². The van der Waals surface area contributed by atoms with Crippen LogP contribution in [0.5, 0.6) is 0 Å². The highest BCUT2D eigenvalue weighted by atomic mass is 16.5. The van der Waals surface area contributed by atoms with Gasteiger partial charge in [-0.15, -0.1) is 0 Å². The molecule has 16 heavy (non-hydrogen) atoms. The Hall–Kier alpha value is -1.29. The Labute approximate surface area is 94.8 Å². The maximum absolute atomic E-state index is 11.7. The van der Waals surface area contributed by atoms with Crippen LogP contribution in [-0.4, -0.2) is 26.3 Å². The first-order valence-corrected chi connectivity index (χ1v) is 5.58. The van der Waals surface area contributed by atoms with Crippen LogP contribution >= 0.6 is 0 Å². The van der Waals surface area contributed by atoms with E-state index in [4.69, 9.17) is 9.15 Å². The van der Waals surface area contributed by atoms with Crippen molar-refractivity contribution >= 4 is 5.69 Å². The molecule has 0 amide bonds. The van der Waals surface area contributed by atoms with Crippen LogP contribution in [0.15, 0.2) is 21.3 Å². The average Bonchev–Trinajstić information content (AvgIpc) is 2.67. The maximum Gasteiger partial charge on any atom is 0.359 e. The summed E-state index contributed by atoms with van der Waals surface area (Å²) in [4.78, 5) is 13.8. The third-order valence-electron chi connectivity index (χ3n) is 2.98. The minimum absolute atomic E-state index is 0.247. The van der Waals surface area contributed by atoms with Gasteiger partial charge in [-0.05, 0) is 31.9 Å². The van der Waals surface area contributed by atoms with Crippen molar-refractivity contribution in [2.75, 3.05) is 25.2 Å². The summed E-state index contributed by atoms with van der Waals surface area (Å²) in [7, 11) is 1.69.